The van der Waals surface area contributed by atoms with Gasteiger partial charge in [0.05, 0.1) is 11.7 Å². The topological polar surface area (TPSA) is 41.6 Å². The number of carbonyl (C=O) groups is 1. The third-order valence-corrected chi connectivity index (χ3v) is 6.16. The van der Waals surface area contributed by atoms with E-state index in [4.69, 9.17) is 4.74 Å². The lowest BCUT2D eigenvalue weighted by molar-refractivity contribution is -0.120. The second-order valence-electron chi connectivity index (χ2n) is 8.34. The molecule has 2 heterocycles. The van der Waals surface area contributed by atoms with Crippen molar-refractivity contribution in [3.8, 4) is 0 Å². The van der Waals surface area contributed by atoms with E-state index in [-0.39, 0.29) is 11.7 Å². The molecule has 0 radical (unpaired) electrons. The average molecular weight is 409 g/mol. The Labute approximate surface area is 177 Å². The van der Waals surface area contributed by atoms with Crippen molar-refractivity contribution in [1.29, 1.82) is 0 Å². The molecule has 4 rings (SSSR count). The van der Waals surface area contributed by atoms with E-state index in [0.29, 0.717) is 12.1 Å². The zero-order valence-electron chi connectivity index (χ0n) is 17.2. The van der Waals surface area contributed by atoms with Crippen LogP contribution in [0.15, 0.2) is 66.5 Å². The molecule has 30 heavy (non-hydrogen) atoms. The van der Waals surface area contributed by atoms with Crippen molar-refractivity contribution in [2.45, 2.75) is 43.9 Å². The number of likely N-dealkylation sites (tertiary alicyclic amines) is 1. The number of hydrogen-bond acceptors (Lipinski definition) is 3. The molecule has 1 atom stereocenters. The maximum atomic E-state index is 14.1. The molecule has 158 valence electrons. The molecule has 0 aromatic heterocycles. The van der Waals surface area contributed by atoms with E-state index in [1.807, 2.05) is 24.3 Å². The summed E-state index contributed by atoms with van der Waals surface area (Å²) >= 11 is 0. The smallest absolute Gasteiger partial charge is 0.280 e. The molecule has 2 aromatic carbocycles. The predicted molar refractivity (Wildman–Crippen MR) is 116 cm³/mol. The minimum atomic E-state index is -0.775. The second kappa shape index (κ2) is 9.54. The van der Waals surface area contributed by atoms with Gasteiger partial charge in [0.2, 0.25) is 0 Å². The highest BCUT2D eigenvalue weighted by Crippen LogP contribution is 2.39. The van der Waals surface area contributed by atoms with E-state index in [2.05, 4.69) is 34.5 Å². The van der Waals surface area contributed by atoms with Crippen LogP contribution in [0, 0.1) is 0 Å². The molecule has 0 aliphatic carbocycles. The van der Waals surface area contributed by atoms with Gasteiger partial charge in [0.15, 0.2) is 5.83 Å². The molecular weight excluding hydrogens is 379 g/mol. The van der Waals surface area contributed by atoms with E-state index < -0.39 is 11.7 Å². The number of nitrogens with zero attached hydrogens (tertiary/aromatic N) is 1. The number of carbonyl (C=O) groups excluding carboxylic acids is 1. The first-order valence-electron chi connectivity index (χ1n) is 10.8. The number of hydrogen-bond donors (Lipinski definition) is 1. The van der Waals surface area contributed by atoms with Crippen LogP contribution in [0.4, 0.5) is 4.39 Å². The number of rotatable bonds is 6. The molecule has 5 heteroatoms. The van der Waals surface area contributed by atoms with E-state index in [1.54, 1.807) is 12.1 Å². The summed E-state index contributed by atoms with van der Waals surface area (Å²) in [6.45, 7) is 3.36. The standard InChI is InChI=1S/C25H29FN2O2/c26-23(17-20-7-3-1-4-8-20)24(29)27-18-22-11-12-25(30-22)13-15-28(16-14-25)19-21-9-5-2-6-10-21/h1-10,17,22H,11-16,18-19H2,(H,27,29)/b23-17-. The monoisotopic (exact) mass is 408 g/mol. The molecular formula is C25H29FN2O2. The van der Waals surface area contributed by atoms with Crippen molar-refractivity contribution in [3.05, 3.63) is 77.6 Å². The Morgan fingerprint density at radius 1 is 1.07 bits per heavy atom. The molecule has 1 amide bonds. The molecule has 4 nitrogen and oxygen atoms in total. The Balaban J connectivity index is 1.22. The first kappa shape index (κ1) is 20.8. The van der Waals surface area contributed by atoms with Gasteiger partial charge >= 0.3 is 0 Å². The summed E-state index contributed by atoms with van der Waals surface area (Å²) in [5.41, 5.74) is 1.93. The van der Waals surface area contributed by atoms with Crippen LogP contribution in [-0.4, -0.2) is 42.1 Å². The fourth-order valence-electron chi connectivity index (χ4n) is 4.42. The SMILES string of the molecule is O=C(NCC1CCC2(CCN(Cc3ccccc3)CC2)O1)/C(F)=C/c1ccccc1. The highest BCUT2D eigenvalue weighted by atomic mass is 19.1. The molecule has 2 saturated heterocycles. The zero-order valence-corrected chi connectivity index (χ0v) is 17.2. The molecule has 2 fully saturated rings. The molecule has 2 aromatic rings. The van der Waals surface area contributed by atoms with Crippen molar-refractivity contribution in [3.63, 3.8) is 0 Å². The van der Waals surface area contributed by atoms with Crippen molar-refractivity contribution in [2.75, 3.05) is 19.6 Å². The van der Waals surface area contributed by atoms with E-state index in [9.17, 15) is 9.18 Å². The lowest BCUT2D eigenvalue weighted by Crippen LogP contribution is -2.44. The van der Waals surface area contributed by atoms with Gasteiger partial charge < -0.3 is 10.1 Å². The van der Waals surface area contributed by atoms with Gasteiger partial charge in [0.1, 0.15) is 0 Å². The van der Waals surface area contributed by atoms with Gasteiger partial charge in [-0.3, -0.25) is 9.69 Å². The Hall–Kier alpha value is -2.50. The fraction of sp³-hybridized carbons (Fsp3) is 0.400. The molecule has 1 N–H and O–H groups in total. The normalized spacial score (nSPS) is 21.6. The van der Waals surface area contributed by atoms with Gasteiger partial charge in [0, 0.05) is 26.2 Å². The van der Waals surface area contributed by atoms with E-state index in [0.717, 1.165) is 45.3 Å². The van der Waals surface area contributed by atoms with Gasteiger partial charge in [-0.15, -0.1) is 0 Å². The summed E-state index contributed by atoms with van der Waals surface area (Å²) in [5.74, 6) is -1.45. The molecule has 0 saturated carbocycles. The van der Waals surface area contributed by atoms with Crippen molar-refractivity contribution in [2.24, 2.45) is 0 Å². The van der Waals surface area contributed by atoms with Crippen LogP contribution in [0.25, 0.3) is 6.08 Å². The summed E-state index contributed by atoms with van der Waals surface area (Å²) in [7, 11) is 0. The van der Waals surface area contributed by atoms with Gasteiger partial charge in [-0.2, -0.15) is 0 Å². The maximum Gasteiger partial charge on any atom is 0.280 e. The number of piperidine rings is 1. The van der Waals surface area contributed by atoms with Crippen LogP contribution in [0.1, 0.15) is 36.8 Å². The number of amides is 1. The van der Waals surface area contributed by atoms with Crippen molar-refractivity contribution in [1.82, 2.24) is 10.2 Å². The first-order chi connectivity index (χ1) is 14.6. The minimum Gasteiger partial charge on any atom is -0.370 e. The van der Waals surface area contributed by atoms with Crippen molar-refractivity contribution < 1.29 is 13.9 Å². The molecule has 1 spiro atoms. The number of nitrogens with one attached hydrogen (secondary N) is 1. The zero-order chi connectivity index (χ0) is 20.8. The largest absolute Gasteiger partial charge is 0.370 e. The molecule has 2 aliphatic heterocycles. The van der Waals surface area contributed by atoms with Crippen LogP contribution in [0.2, 0.25) is 0 Å². The Kier molecular flexibility index (Phi) is 6.60. The lowest BCUT2D eigenvalue weighted by atomic mass is 9.88. The van der Waals surface area contributed by atoms with Crippen LogP contribution in [0.3, 0.4) is 0 Å². The van der Waals surface area contributed by atoms with E-state index in [1.165, 1.54) is 11.6 Å². The van der Waals surface area contributed by atoms with Gasteiger partial charge in [-0.25, -0.2) is 4.39 Å². The van der Waals surface area contributed by atoms with Gasteiger partial charge in [0.25, 0.3) is 5.91 Å². The van der Waals surface area contributed by atoms with Crippen LogP contribution < -0.4 is 5.32 Å². The molecule has 0 bridgehead atoms. The number of ether oxygens (including phenoxy) is 1. The Morgan fingerprint density at radius 3 is 2.43 bits per heavy atom. The third kappa shape index (κ3) is 5.35. The summed E-state index contributed by atoms with van der Waals surface area (Å²) in [4.78, 5) is 14.5. The quantitative estimate of drug-likeness (QED) is 0.724. The Morgan fingerprint density at radius 2 is 1.73 bits per heavy atom. The predicted octanol–water partition coefficient (Wildman–Crippen LogP) is 4.33. The van der Waals surface area contributed by atoms with Crippen LogP contribution in [-0.2, 0) is 16.1 Å². The second-order valence-corrected chi connectivity index (χ2v) is 8.34. The number of benzene rings is 2. The lowest BCUT2D eigenvalue weighted by Gasteiger charge is -2.39. The summed E-state index contributed by atoms with van der Waals surface area (Å²) in [6, 6.07) is 19.6. The fourth-order valence-corrected chi connectivity index (χ4v) is 4.42. The van der Waals surface area contributed by atoms with Crippen molar-refractivity contribution >= 4 is 12.0 Å². The summed E-state index contributed by atoms with van der Waals surface area (Å²) in [5, 5.41) is 2.69. The maximum absolute atomic E-state index is 14.1. The van der Waals surface area contributed by atoms with E-state index >= 15 is 0 Å². The number of halogens is 1. The minimum absolute atomic E-state index is 0.0425. The van der Waals surface area contributed by atoms with Gasteiger partial charge in [-0.1, -0.05) is 60.7 Å². The highest BCUT2D eigenvalue weighted by Gasteiger charge is 2.42. The van der Waals surface area contributed by atoms with Crippen LogP contribution in [0.5, 0.6) is 0 Å². The summed E-state index contributed by atoms with van der Waals surface area (Å²) in [6.07, 6.45) is 5.14. The Bertz CT molecular complexity index is 861. The molecule has 2 aliphatic rings. The highest BCUT2D eigenvalue weighted by molar-refractivity contribution is 5.95. The van der Waals surface area contributed by atoms with Crippen LogP contribution >= 0.6 is 0 Å². The molecule has 1 unspecified atom stereocenters. The summed E-state index contributed by atoms with van der Waals surface area (Å²) < 4.78 is 20.5. The first-order valence-corrected chi connectivity index (χ1v) is 10.8. The third-order valence-electron chi connectivity index (χ3n) is 6.16. The van der Waals surface area contributed by atoms with Gasteiger partial charge in [-0.05, 0) is 42.9 Å². The average Bonchev–Trinajstić information content (AvgIpc) is 3.18.